The van der Waals surface area contributed by atoms with Crippen molar-refractivity contribution in [3.05, 3.63) is 42.2 Å². The van der Waals surface area contributed by atoms with Gasteiger partial charge in [-0.3, -0.25) is 9.59 Å². The molecule has 2 aliphatic rings. The fraction of sp³-hybridized carbons (Fsp3) is 0.444. The van der Waals surface area contributed by atoms with Crippen LogP contribution in [0.5, 0.6) is 0 Å². The van der Waals surface area contributed by atoms with E-state index in [9.17, 15) is 9.59 Å². The third-order valence-corrected chi connectivity index (χ3v) is 4.99. The lowest BCUT2D eigenvalue weighted by Crippen LogP contribution is -2.46. The van der Waals surface area contributed by atoms with Gasteiger partial charge in [-0.2, -0.15) is 0 Å². The molecule has 1 aromatic heterocycles. The molecule has 1 unspecified atom stereocenters. The molecule has 2 saturated heterocycles. The maximum atomic E-state index is 12.8. The second-order valence-electron chi connectivity index (χ2n) is 6.55. The molecule has 0 radical (unpaired) electrons. The minimum Gasteiger partial charge on any atom is -0.381 e. The van der Waals surface area contributed by atoms with Crippen molar-refractivity contribution < 1.29 is 14.3 Å². The predicted octanol–water partition coefficient (Wildman–Crippen LogP) is 0.777. The first-order valence-electron chi connectivity index (χ1n) is 8.89. The lowest BCUT2D eigenvalue weighted by Gasteiger charge is -2.31. The summed E-state index contributed by atoms with van der Waals surface area (Å²) in [5.41, 5.74) is 1.10. The zero-order valence-corrected chi connectivity index (χ0v) is 14.4. The van der Waals surface area contributed by atoms with Gasteiger partial charge in [-0.1, -0.05) is 17.3 Å². The third-order valence-electron chi connectivity index (χ3n) is 4.99. The van der Waals surface area contributed by atoms with E-state index in [1.807, 2.05) is 11.0 Å². The minimum atomic E-state index is -0.478. The Kier molecular flexibility index (Phi) is 4.66. The number of nitrogens with zero attached hydrogens (tertiary/aromatic N) is 4. The summed E-state index contributed by atoms with van der Waals surface area (Å²) in [6.07, 6.45) is 5.59. The van der Waals surface area contributed by atoms with Gasteiger partial charge in [0.1, 0.15) is 6.04 Å². The number of carbonyl (C=O) groups is 2. The van der Waals surface area contributed by atoms with Gasteiger partial charge in [0.2, 0.25) is 5.91 Å². The standard InChI is InChI=1S/C18H21N5O3/c24-17(14-3-1-2-4-16(14)23-10-8-19-21-23)20-15-5-9-22(18(15)25)13-6-11-26-12-7-13/h1-4,8,10,13,15H,5-7,9,11-12H2,(H,20,24). The number of benzene rings is 1. The van der Waals surface area contributed by atoms with Crippen molar-refractivity contribution in [2.45, 2.75) is 31.3 Å². The van der Waals surface area contributed by atoms with Gasteiger partial charge >= 0.3 is 0 Å². The van der Waals surface area contributed by atoms with Crippen LogP contribution in [0.1, 0.15) is 29.6 Å². The van der Waals surface area contributed by atoms with Crippen molar-refractivity contribution in [1.29, 1.82) is 0 Å². The van der Waals surface area contributed by atoms with Crippen molar-refractivity contribution in [1.82, 2.24) is 25.2 Å². The molecule has 4 rings (SSSR count). The van der Waals surface area contributed by atoms with E-state index >= 15 is 0 Å². The molecule has 2 amide bonds. The fourth-order valence-electron chi connectivity index (χ4n) is 3.63. The predicted molar refractivity (Wildman–Crippen MR) is 92.8 cm³/mol. The number of hydrogen-bond donors (Lipinski definition) is 1. The SMILES string of the molecule is O=C(NC1CCN(C2CCOCC2)C1=O)c1ccccc1-n1ccnn1. The highest BCUT2D eigenvalue weighted by atomic mass is 16.5. The number of para-hydroxylation sites is 1. The molecule has 0 spiro atoms. The van der Waals surface area contributed by atoms with E-state index in [1.54, 1.807) is 35.3 Å². The van der Waals surface area contributed by atoms with E-state index in [4.69, 9.17) is 4.74 Å². The summed E-state index contributed by atoms with van der Waals surface area (Å²) in [7, 11) is 0. The Morgan fingerprint density at radius 2 is 2.00 bits per heavy atom. The van der Waals surface area contributed by atoms with Gasteiger partial charge in [0, 0.05) is 25.8 Å². The van der Waals surface area contributed by atoms with Crippen molar-refractivity contribution in [3.63, 3.8) is 0 Å². The molecule has 1 aromatic carbocycles. The van der Waals surface area contributed by atoms with E-state index in [0.29, 0.717) is 37.4 Å². The first kappa shape index (κ1) is 16.7. The summed E-state index contributed by atoms with van der Waals surface area (Å²) in [5.74, 6) is -0.272. The molecule has 3 heterocycles. The fourth-order valence-corrected chi connectivity index (χ4v) is 3.63. The molecule has 2 aliphatic heterocycles. The summed E-state index contributed by atoms with van der Waals surface area (Å²) < 4.78 is 6.91. The molecular weight excluding hydrogens is 334 g/mol. The summed E-state index contributed by atoms with van der Waals surface area (Å²) in [6, 6.07) is 6.90. The highest BCUT2D eigenvalue weighted by Crippen LogP contribution is 2.22. The summed E-state index contributed by atoms with van der Waals surface area (Å²) in [5, 5.41) is 10.6. The van der Waals surface area contributed by atoms with Crippen LogP contribution in [0.25, 0.3) is 5.69 Å². The van der Waals surface area contributed by atoms with E-state index in [0.717, 1.165) is 12.8 Å². The molecule has 0 aliphatic carbocycles. The highest BCUT2D eigenvalue weighted by Gasteiger charge is 2.37. The Morgan fingerprint density at radius 3 is 2.77 bits per heavy atom. The molecule has 8 heteroatoms. The van der Waals surface area contributed by atoms with Crippen LogP contribution in [-0.4, -0.2) is 63.6 Å². The van der Waals surface area contributed by atoms with Crippen molar-refractivity contribution in [2.24, 2.45) is 0 Å². The number of amides is 2. The van der Waals surface area contributed by atoms with Gasteiger partial charge in [0.15, 0.2) is 0 Å². The van der Waals surface area contributed by atoms with E-state index < -0.39 is 6.04 Å². The smallest absolute Gasteiger partial charge is 0.254 e. The average molecular weight is 355 g/mol. The Balaban J connectivity index is 1.47. The van der Waals surface area contributed by atoms with E-state index in [-0.39, 0.29) is 17.9 Å². The quantitative estimate of drug-likeness (QED) is 0.875. The Morgan fingerprint density at radius 1 is 1.19 bits per heavy atom. The molecule has 0 bridgehead atoms. The van der Waals surface area contributed by atoms with Crippen LogP contribution >= 0.6 is 0 Å². The normalized spacial score (nSPS) is 21.2. The molecular formula is C18H21N5O3. The van der Waals surface area contributed by atoms with Gasteiger partial charge in [-0.05, 0) is 31.4 Å². The van der Waals surface area contributed by atoms with Crippen LogP contribution in [0.15, 0.2) is 36.7 Å². The number of ether oxygens (including phenoxy) is 1. The molecule has 1 N–H and O–H groups in total. The van der Waals surface area contributed by atoms with Crippen LogP contribution in [0.2, 0.25) is 0 Å². The molecule has 26 heavy (non-hydrogen) atoms. The molecule has 8 nitrogen and oxygen atoms in total. The Labute approximate surface area is 151 Å². The maximum absolute atomic E-state index is 12.8. The zero-order chi connectivity index (χ0) is 17.9. The van der Waals surface area contributed by atoms with Crippen LogP contribution in [0.4, 0.5) is 0 Å². The molecule has 136 valence electrons. The summed E-state index contributed by atoms with van der Waals surface area (Å²) >= 11 is 0. The Hall–Kier alpha value is -2.74. The van der Waals surface area contributed by atoms with Gasteiger partial charge < -0.3 is 15.0 Å². The topological polar surface area (TPSA) is 89.4 Å². The minimum absolute atomic E-state index is 0.00323. The van der Waals surface area contributed by atoms with Crippen LogP contribution in [0.3, 0.4) is 0 Å². The molecule has 2 fully saturated rings. The molecule has 2 aromatic rings. The molecule has 1 atom stereocenters. The lowest BCUT2D eigenvalue weighted by atomic mass is 10.1. The monoisotopic (exact) mass is 355 g/mol. The lowest BCUT2D eigenvalue weighted by molar-refractivity contribution is -0.132. The third kappa shape index (κ3) is 3.20. The van der Waals surface area contributed by atoms with Crippen molar-refractivity contribution in [2.75, 3.05) is 19.8 Å². The number of nitrogens with one attached hydrogen (secondary N) is 1. The molecule has 0 saturated carbocycles. The van der Waals surface area contributed by atoms with Gasteiger partial charge in [-0.15, -0.1) is 5.10 Å². The second-order valence-corrected chi connectivity index (χ2v) is 6.55. The average Bonchev–Trinajstić information content (AvgIpc) is 3.33. The maximum Gasteiger partial charge on any atom is 0.254 e. The Bertz CT molecular complexity index is 786. The van der Waals surface area contributed by atoms with Gasteiger partial charge in [-0.25, -0.2) is 4.68 Å². The first-order chi connectivity index (χ1) is 12.7. The van der Waals surface area contributed by atoms with Crippen LogP contribution < -0.4 is 5.32 Å². The van der Waals surface area contributed by atoms with Crippen LogP contribution in [-0.2, 0) is 9.53 Å². The van der Waals surface area contributed by atoms with E-state index in [2.05, 4.69) is 15.6 Å². The van der Waals surface area contributed by atoms with Gasteiger partial charge in [0.05, 0.1) is 23.6 Å². The number of likely N-dealkylation sites (tertiary alicyclic amines) is 1. The zero-order valence-electron chi connectivity index (χ0n) is 14.4. The van der Waals surface area contributed by atoms with E-state index in [1.165, 1.54) is 0 Å². The summed E-state index contributed by atoms with van der Waals surface area (Å²) in [4.78, 5) is 27.4. The highest BCUT2D eigenvalue weighted by molar-refractivity contribution is 6.00. The van der Waals surface area contributed by atoms with Crippen LogP contribution in [0, 0.1) is 0 Å². The van der Waals surface area contributed by atoms with Gasteiger partial charge in [0.25, 0.3) is 5.91 Å². The number of hydrogen-bond acceptors (Lipinski definition) is 5. The van der Waals surface area contributed by atoms with Crippen molar-refractivity contribution in [3.8, 4) is 5.69 Å². The largest absolute Gasteiger partial charge is 0.381 e. The van der Waals surface area contributed by atoms with Crippen molar-refractivity contribution >= 4 is 11.8 Å². The first-order valence-corrected chi connectivity index (χ1v) is 8.89. The number of rotatable bonds is 4. The number of carbonyl (C=O) groups excluding carboxylic acids is 2. The summed E-state index contributed by atoms with van der Waals surface area (Å²) in [6.45, 7) is 2.06. The number of aromatic nitrogens is 3. The second kappa shape index (κ2) is 7.25.